The second-order valence-electron chi connectivity index (χ2n) is 4.70. The van der Waals surface area contributed by atoms with Gasteiger partial charge in [-0.2, -0.15) is 4.68 Å². The molecular formula is C9H17N5O2. The SMILES string of the molecule is CN(C)n1cnn(C(=O)NC(C)(C)C)c1=O. The molecule has 0 saturated heterocycles. The van der Waals surface area contributed by atoms with Crippen molar-refractivity contribution >= 4 is 6.03 Å². The van der Waals surface area contributed by atoms with E-state index < -0.39 is 17.3 Å². The first kappa shape index (κ1) is 12.3. The number of hydrogen-bond acceptors (Lipinski definition) is 4. The van der Waals surface area contributed by atoms with Crippen LogP contribution in [0.5, 0.6) is 0 Å². The van der Waals surface area contributed by atoms with E-state index in [4.69, 9.17) is 0 Å². The van der Waals surface area contributed by atoms with Crippen LogP contribution >= 0.6 is 0 Å². The van der Waals surface area contributed by atoms with Crippen LogP contribution < -0.4 is 16.0 Å². The molecule has 0 spiro atoms. The first-order valence-corrected chi connectivity index (χ1v) is 4.89. The van der Waals surface area contributed by atoms with Gasteiger partial charge in [-0.05, 0) is 20.8 Å². The standard InChI is InChI=1S/C9H17N5O2/c1-9(2,3)11-7(15)14-8(16)13(6-10-14)12(4)5/h6H,1-5H3,(H,11,15). The lowest BCUT2D eigenvalue weighted by atomic mass is 10.1. The van der Waals surface area contributed by atoms with Gasteiger partial charge in [0.25, 0.3) is 0 Å². The first-order valence-electron chi connectivity index (χ1n) is 4.89. The molecule has 0 radical (unpaired) electrons. The number of nitrogens with zero attached hydrogens (tertiary/aromatic N) is 4. The quantitative estimate of drug-likeness (QED) is 0.708. The van der Waals surface area contributed by atoms with Crippen LogP contribution in [0.3, 0.4) is 0 Å². The average Bonchev–Trinajstić information content (AvgIpc) is 2.43. The van der Waals surface area contributed by atoms with Gasteiger partial charge >= 0.3 is 11.7 Å². The summed E-state index contributed by atoms with van der Waals surface area (Å²) in [6.45, 7) is 5.50. The zero-order chi connectivity index (χ0) is 12.5. The summed E-state index contributed by atoms with van der Waals surface area (Å²) in [6.07, 6.45) is 1.30. The third-order valence-corrected chi connectivity index (χ3v) is 1.76. The minimum atomic E-state index is -0.530. The van der Waals surface area contributed by atoms with E-state index in [9.17, 15) is 9.59 Å². The van der Waals surface area contributed by atoms with Crippen LogP contribution in [0, 0.1) is 0 Å². The lowest BCUT2D eigenvalue weighted by molar-refractivity contribution is 0.229. The summed E-state index contributed by atoms with van der Waals surface area (Å²) in [6, 6.07) is -0.530. The fourth-order valence-electron chi connectivity index (χ4n) is 1.08. The topological polar surface area (TPSA) is 72.2 Å². The minimum Gasteiger partial charge on any atom is -0.331 e. The molecule has 1 aromatic rings. The maximum Gasteiger partial charge on any atom is 0.373 e. The number of aromatic nitrogens is 3. The zero-order valence-electron chi connectivity index (χ0n) is 10.2. The predicted octanol–water partition coefficient (Wildman–Crippen LogP) is -0.401. The Hall–Kier alpha value is -1.79. The van der Waals surface area contributed by atoms with Crippen LogP contribution in [0.25, 0.3) is 0 Å². The summed E-state index contributed by atoms with van der Waals surface area (Å²) in [5.41, 5.74) is -0.898. The van der Waals surface area contributed by atoms with Gasteiger partial charge in [0, 0.05) is 19.6 Å². The lowest BCUT2D eigenvalue weighted by Crippen LogP contribution is -2.47. The molecule has 0 aliphatic heterocycles. The summed E-state index contributed by atoms with van der Waals surface area (Å²) in [7, 11) is 3.38. The predicted molar refractivity (Wildman–Crippen MR) is 60.2 cm³/mol. The molecule has 0 atom stereocenters. The molecule has 7 nitrogen and oxygen atoms in total. The highest BCUT2D eigenvalue weighted by Crippen LogP contribution is 1.98. The van der Waals surface area contributed by atoms with Crippen LogP contribution in [0.15, 0.2) is 11.1 Å². The smallest absolute Gasteiger partial charge is 0.331 e. The molecule has 0 bridgehead atoms. The van der Waals surface area contributed by atoms with Gasteiger partial charge in [-0.3, -0.25) is 0 Å². The Labute approximate surface area is 93.6 Å². The number of rotatable bonds is 1. The van der Waals surface area contributed by atoms with Gasteiger partial charge in [-0.15, -0.1) is 9.78 Å². The van der Waals surface area contributed by atoms with E-state index in [1.807, 2.05) is 20.8 Å². The van der Waals surface area contributed by atoms with Crippen LogP contribution in [-0.4, -0.2) is 40.1 Å². The Morgan fingerprint density at radius 2 is 2.00 bits per heavy atom. The molecule has 0 aliphatic carbocycles. The molecular weight excluding hydrogens is 210 g/mol. The van der Waals surface area contributed by atoms with Crippen molar-refractivity contribution < 1.29 is 4.79 Å². The summed E-state index contributed by atoms with van der Waals surface area (Å²) >= 11 is 0. The van der Waals surface area contributed by atoms with E-state index >= 15 is 0 Å². The van der Waals surface area contributed by atoms with Gasteiger partial charge in [0.2, 0.25) is 0 Å². The normalized spacial score (nSPS) is 11.3. The van der Waals surface area contributed by atoms with E-state index in [1.54, 1.807) is 14.1 Å². The molecule has 0 saturated carbocycles. The molecule has 0 aliphatic rings. The maximum absolute atomic E-state index is 11.7. The number of nitrogens with one attached hydrogen (secondary N) is 1. The number of amides is 1. The Morgan fingerprint density at radius 3 is 2.38 bits per heavy atom. The molecule has 0 unspecified atom stereocenters. The Morgan fingerprint density at radius 1 is 1.44 bits per heavy atom. The fraction of sp³-hybridized carbons (Fsp3) is 0.667. The summed E-state index contributed by atoms with van der Waals surface area (Å²) in [5, 5.41) is 7.93. The average molecular weight is 227 g/mol. The molecule has 16 heavy (non-hydrogen) atoms. The van der Waals surface area contributed by atoms with Gasteiger partial charge in [0.05, 0.1) is 0 Å². The molecule has 1 rings (SSSR count). The van der Waals surface area contributed by atoms with Crippen molar-refractivity contribution in [1.82, 2.24) is 19.8 Å². The number of carbonyl (C=O) groups excluding carboxylic acids is 1. The third kappa shape index (κ3) is 2.62. The second kappa shape index (κ2) is 3.99. The molecule has 1 heterocycles. The van der Waals surface area contributed by atoms with Crippen molar-refractivity contribution in [2.45, 2.75) is 26.3 Å². The molecule has 1 aromatic heterocycles. The van der Waals surface area contributed by atoms with E-state index in [0.29, 0.717) is 0 Å². The van der Waals surface area contributed by atoms with Crippen molar-refractivity contribution in [2.75, 3.05) is 19.1 Å². The largest absolute Gasteiger partial charge is 0.373 e. The molecule has 1 amide bonds. The minimum absolute atomic E-state index is 0.404. The molecule has 0 fully saturated rings. The first-order chi connectivity index (χ1) is 7.22. The third-order valence-electron chi connectivity index (χ3n) is 1.76. The number of hydrogen-bond donors (Lipinski definition) is 1. The fourth-order valence-corrected chi connectivity index (χ4v) is 1.08. The van der Waals surface area contributed by atoms with Crippen LogP contribution in [0.2, 0.25) is 0 Å². The number of carbonyl (C=O) groups is 1. The molecule has 7 heteroatoms. The van der Waals surface area contributed by atoms with Crippen molar-refractivity contribution in [1.29, 1.82) is 0 Å². The van der Waals surface area contributed by atoms with Gasteiger partial charge < -0.3 is 10.3 Å². The zero-order valence-corrected chi connectivity index (χ0v) is 10.2. The highest BCUT2D eigenvalue weighted by Gasteiger charge is 2.19. The van der Waals surface area contributed by atoms with E-state index in [2.05, 4.69) is 10.4 Å². The van der Waals surface area contributed by atoms with Crippen molar-refractivity contribution in [3.05, 3.63) is 16.8 Å². The van der Waals surface area contributed by atoms with Gasteiger partial charge in [0.1, 0.15) is 6.33 Å². The summed E-state index contributed by atoms with van der Waals surface area (Å²) < 4.78 is 2.04. The van der Waals surface area contributed by atoms with Crippen LogP contribution in [0.4, 0.5) is 4.79 Å². The van der Waals surface area contributed by atoms with Gasteiger partial charge in [0.15, 0.2) is 0 Å². The van der Waals surface area contributed by atoms with Crippen molar-refractivity contribution in [2.24, 2.45) is 0 Å². The highest BCUT2D eigenvalue weighted by atomic mass is 16.2. The van der Waals surface area contributed by atoms with Crippen LogP contribution in [0.1, 0.15) is 20.8 Å². The maximum atomic E-state index is 11.7. The highest BCUT2D eigenvalue weighted by molar-refractivity contribution is 5.76. The molecule has 0 aromatic carbocycles. The van der Waals surface area contributed by atoms with Crippen LogP contribution in [-0.2, 0) is 0 Å². The lowest BCUT2D eigenvalue weighted by Gasteiger charge is -2.19. The van der Waals surface area contributed by atoms with Crippen molar-refractivity contribution in [3.63, 3.8) is 0 Å². The Kier molecular flexibility index (Phi) is 3.06. The van der Waals surface area contributed by atoms with E-state index in [-0.39, 0.29) is 0 Å². The van der Waals surface area contributed by atoms with Gasteiger partial charge in [-0.1, -0.05) is 0 Å². The Balaban J connectivity index is 2.99. The Bertz CT molecular complexity index is 437. The molecule has 90 valence electrons. The van der Waals surface area contributed by atoms with E-state index in [1.165, 1.54) is 16.0 Å². The summed E-state index contributed by atoms with van der Waals surface area (Å²) in [4.78, 5) is 23.4. The van der Waals surface area contributed by atoms with Crippen molar-refractivity contribution in [3.8, 4) is 0 Å². The van der Waals surface area contributed by atoms with Gasteiger partial charge in [-0.25, -0.2) is 9.59 Å². The molecule has 1 N–H and O–H groups in total. The summed E-state index contributed by atoms with van der Waals surface area (Å²) in [5.74, 6) is 0. The second-order valence-corrected chi connectivity index (χ2v) is 4.70. The monoisotopic (exact) mass is 227 g/mol. The van der Waals surface area contributed by atoms with E-state index in [0.717, 1.165) is 4.68 Å².